The molecule has 0 N–H and O–H groups in total. The van der Waals surface area contributed by atoms with Gasteiger partial charge in [0, 0.05) is 43.8 Å². The monoisotopic (exact) mass is 662 g/mol. The Kier molecular flexibility index (Phi) is 7.10. The zero-order valence-electron chi connectivity index (χ0n) is 28.1. The van der Waals surface area contributed by atoms with Crippen LogP contribution in [0.2, 0.25) is 0 Å². The highest BCUT2D eigenvalue weighted by molar-refractivity contribution is 6.11. The van der Waals surface area contributed by atoms with E-state index in [1.54, 1.807) is 0 Å². The highest BCUT2D eigenvalue weighted by atomic mass is 14.9. The van der Waals surface area contributed by atoms with Crippen molar-refractivity contribution in [2.24, 2.45) is 0 Å². The van der Waals surface area contributed by atoms with Crippen molar-refractivity contribution in [3.05, 3.63) is 182 Å². The van der Waals surface area contributed by atoms with E-state index in [9.17, 15) is 0 Å². The molecular weight excluding hydrogens is 633 g/mol. The molecule has 0 amide bonds. The van der Waals surface area contributed by atoms with Gasteiger partial charge in [-0.2, -0.15) is 0 Å². The molecule has 4 heteroatoms. The summed E-state index contributed by atoms with van der Waals surface area (Å²) in [6.07, 6.45) is 0. The van der Waals surface area contributed by atoms with Crippen molar-refractivity contribution in [1.29, 1.82) is 0 Å². The average molecular weight is 663 g/mol. The first-order valence-corrected chi connectivity index (χ1v) is 17.5. The van der Waals surface area contributed by atoms with Crippen LogP contribution in [0.25, 0.3) is 99.8 Å². The maximum atomic E-state index is 5.15. The van der Waals surface area contributed by atoms with E-state index >= 15 is 0 Å². The lowest BCUT2D eigenvalue weighted by Gasteiger charge is -2.13. The average Bonchev–Trinajstić information content (AvgIpc) is 3.23. The molecule has 10 rings (SSSR count). The summed E-state index contributed by atoms with van der Waals surface area (Å²) in [4.78, 5) is 20.5. The predicted octanol–water partition coefficient (Wildman–Crippen LogP) is 12.2. The maximum absolute atomic E-state index is 5.15. The highest BCUT2D eigenvalue weighted by Gasteiger charge is 2.16. The Morgan fingerprint density at radius 2 is 0.596 bits per heavy atom. The largest absolute Gasteiger partial charge is 0.227 e. The van der Waals surface area contributed by atoms with Crippen LogP contribution < -0.4 is 0 Å². The third-order valence-corrected chi connectivity index (χ3v) is 9.90. The molecule has 0 spiro atoms. The zero-order valence-corrected chi connectivity index (χ0v) is 28.1. The van der Waals surface area contributed by atoms with Crippen molar-refractivity contribution in [1.82, 2.24) is 19.9 Å². The van der Waals surface area contributed by atoms with Crippen molar-refractivity contribution in [2.75, 3.05) is 0 Å². The van der Waals surface area contributed by atoms with Gasteiger partial charge in [0.25, 0.3) is 0 Å². The van der Waals surface area contributed by atoms with Gasteiger partial charge in [-0.05, 0) is 34.0 Å². The molecule has 0 saturated heterocycles. The van der Waals surface area contributed by atoms with Crippen molar-refractivity contribution in [3.8, 4) is 56.4 Å². The molecule has 52 heavy (non-hydrogen) atoms. The standard InChI is InChI=1S/C48H30N4/c1-3-13-37(14-4-1)47-49-43(41-29-27-33-11-7-9-17-39(33)45(41)51-47)35-23-19-31(20-24-35)32-21-25-36(26-22-32)44-42-30-28-34-12-8-10-18-40(34)46(42)52-48(50-44)38-15-5-2-6-16-38/h1-30H. The lowest BCUT2D eigenvalue weighted by Crippen LogP contribution is -1.96. The van der Waals surface area contributed by atoms with E-state index in [1.807, 2.05) is 36.4 Å². The van der Waals surface area contributed by atoms with Gasteiger partial charge in [0.1, 0.15) is 0 Å². The molecule has 0 aliphatic carbocycles. The van der Waals surface area contributed by atoms with Crippen LogP contribution >= 0.6 is 0 Å². The summed E-state index contributed by atoms with van der Waals surface area (Å²) >= 11 is 0. The van der Waals surface area contributed by atoms with Crippen molar-refractivity contribution in [3.63, 3.8) is 0 Å². The minimum atomic E-state index is 0.722. The number of benzene rings is 8. The Balaban J connectivity index is 1.05. The Bertz CT molecular complexity index is 2720. The van der Waals surface area contributed by atoms with Gasteiger partial charge in [-0.1, -0.05) is 170 Å². The van der Waals surface area contributed by atoms with E-state index < -0.39 is 0 Å². The minimum Gasteiger partial charge on any atom is -0.227 e. The maximum Gasteiger partial charge on any atom is 0.160 e. The van der Waals surface area contributed by atoms with Gasteiger partial charge >= 0.3 is 0 Å². The molecular formula is C48H30N4. The first-order valence-electron chi connectivity index (χ1n) is 17.5. The molecule has 2 heterocycles. The second-order valence-corrected chi connectivity index (χ2v) is 13.0. The Morgan fingerprint density at radius 3 is 1.02 bits per heavy atom. The minimum absolute atomic E-state index is 0.722. The first-order chi connectivity index (χ1) is 25.8. The molecule has 8 aromatic carbocycles. The van der Waals surface area contributed by atoms with E-state index in [0.717, 1.165) is 99.8 Å². The van der Waals surface area contributed by atoms with Gasteiger partial charge in [-0.15, -0.1) is 0 Å². The first kappa shape index (κ1) is 29.8. The number of rotatable bonds is 5. The molecule has 0 aliphatic heterocycles. The SMILES string of the molecule is c1ccc(-c2nc(-c3ccc(-c4ccc(-c5nc(-c6ccccc6)nc6c5ccc5ccccc56)cc4)cc3)c3ccc4ccccc4c3n2)cc1. The summed E-state index contributed by atoms with van der Waals surface area (Å²) in [7, 11) is 0. The number of fused-ring (bicyclic) bond motifs is 6. The van der Waals surface area contributed by atoms with Crippen LogP contribution in [0.15, 0.2) is 182 Å². The van der Waals surface area contributed by atoms with E-state index in [1.165, 1.54) is 0 Å². The third kappa shape index (κ3) is 5.17. The Morgan fingerprint density at radius 1 is 0.231 bits per heavy atom. The molecule has 0 fully saturated rings. The second kappa shape index (κ2) is 12.4. The molecule has 2 aromatic heterocycles. The molecule has 0 aliphatic rings. The van der Waals surface area contributed by atoms with Gasteiger partial charge in [0.2, 0.25) is 0 Å². The lowest BCUT2D eigenvalue weighted by molar-refractivity contribution is 1.23. The van der Waals surface area contributed by atoms with Crippen LogP contribution in [0.1, 0.15) is 0 Å². The quantitative estimate of drug-likeness (QED) is 0.172. The second-order valence-electron chi connectivity index (χ2n) is 13.0. The molecule has 0 saturated carbocycles. The topological polar surface area (TPSA) is 51.6 Å². The molecule has 0 atom stereocenters. The van der Waals surface area contributed by atoms with Gasteiger partial charge in [-0.3, -0.25) is 0 Å². The number of hydrogen-bond acceptors (Lipinski definition) is 4. The summed E-state index contributed by atoms with van der Waals surface area (Å²) in [5.41, 5.74) is 10.1. The molecule has 0 unspecified atom stereocenters. The smallest absolute Gasteiger partial charge is 0.160 e. The predicted molar refractivity (Wildman–Crippen MR) is 215 cm³/mol. The van der Waals surface area contributed by atoms with E-state index in [0.29, 0.717) is 0 Å². The van der Waals surface area contributed by atoms with E-state index in [-0.39, 0.29) is 0 Å². The summed E-state index contributed by atoms with van der Waals surface area (Å²) in [5, 5.41) is 6.65. The molecule has 10 aromatic rings. The molecule has 242 valence electrons. The van der Waals surface area contributed by atoms with Gasteiger partial charge in [0.15, 0.2) is 11.6 Å². The fourth-order valence-electron chi connectivity index (χ4n) is 7.24. The summed E-state index contributed by atoms with van der Waals surface area (Å²) in [5.74, 6) is 1.44. The highest BCUT2D eigenvalue weighted by Crippen LogP contribution is 2.36. The summed E-state index contributed by atoms with van der Waals surface area (Å²) < 4.78 is 0. The number of nitrogens with zero attached hydrogens (tertiary/aromatic N) is 4. The van der Waals surface area contributed by atoms with E-state index in [2.05, 4.69) is 146 Å². The van der Waals surface area contributed by atoms with Gasteiger partial charge < -0.3 is 0 Å². The zero-order chi connectivity index (χ0) is 34.4. The Labute approximate surface area is 300 Å². The molecule has 0 radical (unpaired) electrons. The van der Waals surface area contributed by atoms with Crippen LogP contribution in [0.4, 0.5) is 0 Å². The van der Waals surface area contributed by atoms with Gasteiger partial charge in [-0.25, -0.2) is 19.9 Å². The van der Waals surface area contributed by atoms with Crippen LogP contribution in [0.3, 0.4) is 0 Å². The van der Waals surface area contributed by atoms with Crippen LogP contribution in [0.5, 0.6) is 0 Å². The fourth-order valence-corrected chi connectivity index (χ4v) is 7.24. The lowest BCUT2D eigenvalue weighted by atomic mass is 9.97. The Hall–Kier alpha value is -7.04. The number of hydrogen-bond donors (Lipinski definition) is 0. The summed E-state index contributed by atoms with van der Waals surface area (Å²) in [6, 6.07) is 63.3. The normalized spacial score (nSPS) is 11.5. The van der Waals surface area contributed by atoms with Gasteiger partial charge in [0.05, 0.1) is 22.4 Å². The van der Waals surface area contributed by atoms with Crippen LogP contribution in [0, 0.1) is 0 Å². The third-order valence-electron chi connectivity index (χ3n) is 9.90. The fraction of sp³-hybridized carbons (Fsp3) is 0. The van der Waals surface area contributed by atoms with Crippen LogP contribution in [-0.2, 0) is 0 Å². The van der Waals surface area contributed by atoms with Crippen molar-refractivity contribution in [2.45, 2.75) is 0 Å². The van der Waals surface area contributed by atoms with Crippen LogP contribution in [-0.4, -0.2) is 19.9 Å². The van der Waals surface area contributed by atoms with Crippen molar-refractivity contribution < 1.29 is 0 Å². The van der Waals surface area contributed by atoms with E-state index in [4.69, 9.17) is 19.9 Å². The molecule has 4 nitrogen and oxygen atoms in total. The number of aromatic nitrogens is 4. The summed E-state index contributed by atoms with van der Waals surface area (Å²) in [6.45, 7) is 0. The van der Waals surface area contributed by atoms with Crippen molar-refractivity contribution >= 4 is 43.4 Å². The molecule has 0 bridgehead atoms.